The summed E-state index contributed by atoms with van der Waals surface area (Å²) in [4.78, 5) is 21.2. The molecule has 2 N–H and O–H groups in total. The summed E-state index contributed by atoms with van der Waals surface area (Å²) >= 11 is 3.78. The number of hydrogen-bond donors (Lipinski definition) is 3. The number of carboxylic acid groups (broad SMARTS) is 1. The summed E-state index contributed by atoms with van der Waals surface area (Å²) in [7, 11) is 0. The van der Waals surface area contributed by atoms with Gasteiger partial charge in [0, 0.05) is 5.75 Å². The van der Waals surface area contributed by atoms with Crippen LogP contribution in [0.25, 0.3) is 0 Å². The van der Waals surface area contributed by atoms with Gasteiger partial charge in [-0.2, -0.15) is 12.6 Å². The van der Waals surface area contributed by atoms with Gasteiger partial charge >= 0.3 is 5.97 Å². The van der Waals surface area contributed by atoms with E-state index < -0.39 is 17.9 Å². The molecule has 0 aromatic carbocycles. The van der Waals surface area contributed by atoms with E-state index in [0.29, 0.717) is 0 Å². The Morgan fingerprint density at radius 3 is 2.58 bits per heavy atom. The number of carbonyl (C=O) groups is 2. The van der Waals surface area contributed by atoms with Crippen LogP contribution in [0.15, 0.2) is 12.2 Å². The first-order valence-corrected chi connectivity index (χ1v) is 4.02. The SMILES string of the molecule is C/C=C/C(=O)N[C@@H](CS)C(=O)O. The summed E-state index contributed by atoms with van der Waals surface area (Å²) in [5, 5.41) is 10.8. The van der Waals surface area contributed by atoms with Gasteiger partial charge in [0.2, 0.25) is 5.91 Å². The van der Waals surface area contributed by atoms with Gasteiger partial charge in [-0.15, -0.1) is 0 Å². The van der Waals surface area contributed by atoms with Crippen LogP contribution in [-0.4, -0.2) is 28.8 Å². The van der Waals surface area contributed by atoms with Crippen molar-refractivity contribution in [2.24, 2.45) is 0 Å². The molecule has 0 aromatic heterocycles. The molecule has 0 saturated carbocycles. The molecule has 0 heterocycles. The number of rotatable bonds is 4. The molecule has 1 amide bonds. The number of nitrogens with one attached hydrogen (secondary N) is 1. The standard InChI is InChI=1S/C7H11NO3S/c1-2-3-6(9)8-5(4-12)7(10)11/h2-3,5,12H,4H2,1H3,(H,8,9)(H,10,11)/b3-2+/t5-/m0/s1. The van der Waals surface area contributed by atoms with Crippen LogP contribution in [0.2, 0.25) is 0 Å². The van der Waals surface area contributed by atoms with Crippen molar-refractivity contribution in [2.75, 3.05) is 5.75 Å². The summed E-state index contributed by atoms with van der Waals surface area (Å²) in [5.74, 6) is -1.42. The predicted octanol–water partition coefficient (Wildman–Crippen LogP) is 0.0617. The fourth-order valence-electron chi connectivity index (χ4n) is 0.557. The van der Waals surface area contributed by atoms with Crippen LogP contribution < -0.4 is 5.32 Å². The highest BCUT2D eigenvalue weighted by Crippen LogP contribution is 1.88. The third kappa shape index (κ3) is 4.02. The smallest absolute Gasteiger partial charge is 0.327 e. The zero-order chi connectivity index (χ0) is 9.56. The Hall–Kier alpha value is -0.970. The molecule has 68 valence electrons. The minimum Gasteiger partial charge on any atom is -0.480 e. The summed E-state index contributed by atoms with van der Waals surface area (Å²) in [6.07, 6.45) is 2.80. The van der Waals surface area contributed by atoms with Crippen LogP contribution in [0.3, 0.4) is 0 Å². The molecule has 0 spiro atoms. The van der Waals surface area contributed by atoms with E-state index in [2.05, 4.69) is 17.9 Å². The Morgan fingerprint density at radius 1 is 1.67 bits per heavy atom. The van der Waals surface area contributed by atoms with Crippen molar-refractivity contribution in [3.05, 3.63) is 12.2 Å². The van der Waals surface area contributed by atoms with Gasteiger partial charge in [-0.1, -0.05) is 6.08 Å². The van der Waals surface area contributed by atoms with Gasteiger partial charge in [0.05, 0.1) is 0 Å². The number of aliphatic carboxylic acids is 1. The lowest BCUT2D eigenvalue weighted by molar-refractivity contribution is -0.140. The second-order valence-corrected chi connectivity index (χ2v) is 2.45. The number of amides is 1. The van der Waals surface area contributed by atoms with Crippen molar-refractivity contribution in [3.63, 3.8) is 0 Å². The lowest BCUT2D eigenvalue weighted by atomic mass is 10.3. The highest BCUT2D eigenvalue weighted by molar-refractivity contribution is 7.80. The monoisotopic (exact) mass is 189 g/mol. The van der Waals surface area contributed by atoms with Crippen molar-refractivity contribution in [1.29, 1.82) is 0 Å². The van der Waals surface area contributed by atoms with E-state index in [9.17, 15) is 9.59 Å². The average molecular weight is 189 g/mol. The molecule has 0 aliphatic heterocycles. The van der Waals surface area contributed by atoms with Crippen LogP contribution in [0.5, 0.6) is 0 Å². The quantitative estimate of drug-likeness (QED) is 0.433. The van der Waals surface area contributed by atoms with Crippen LogP contribution in [0, 0.1) is 0 Å². The number of hydrogen-bond acceptors (Lipinski definition) is 3. The first-order chi connectivity index (χ1) is 5.61. The molecule has 0 rings (SSSR count). The summed E-state index contributed by atoms with van der Waals surface area (Å²) < 4.78 is 0. The second kappa shape index (κ2) is 5.65. The Kier molecular flexibility index (Phi) is 5.19. The molecule has 1 atom stereocenters. The van der Waals surface area contributed by atoms with E-state index in [1.807, 2.05) is 0 Å². The van der Waals surface area contributed by atoms with E-state index in [4.69, 9.17) is 5.11 Å². The molecule has 0 aliphatic carbocycles. The van der Waals surface area contributed by atoms with E-state index >= 15 is 0 Å². The summed E-state index contributed by atoms with van der Waals surface area (Å²) in [6, 6.07) is -0.919. The third-order valence-electron chi connectivity index (χ3n) is 1.12. The lowest BCUT2D eigenvalue weighted by Gasteiger charge is -2.08. The van der Waals surface area contributed by atoms with E-state index in [1.54, 1.807) is 6.92 Å². The van der Waals surface area contributed by atoms with Gasteiger partial charge in [-0.3, -0.25) is 4.79 Å². The third-order valence-corrected chi connectivity index (χ3v) is 1.48. The summed E-state index contributed by atoms with van der Waals surface area (Å²) in [6.45, 7) is 1.68. The molecule has 5 heteroatoms. The molecule has 12 heavy (non-hydrogen) atoms. The number of carboxylic acids is 1. The lowest BCUT2D eigenvalue weighted by Crippen LogP contribution is -2.41. The van der Waals surface area contributed by atoms with Crippen molar-refractivity contribution < 1.29 is 14.7 Å². The van der Waals surface area contributed by atoms with E-state index in [0.717, 1.165) is 0 Å². The summed E-state index contributed by atoms with van der Waals surface area (Å²) in [5.41, 5.74) is 0. The van der Waals surface area contributed by atoms with Crippen molar-refractivity contribution in [1.82, 2.24) is 5.32 Å². The fraction of sp³-hybridized carbons (Fsp3) is 0.429. The van der Waals surface area contributed by atoms with Crippen LogP contribution in [0.1, 0.15) is 6.92 Å². The zero-order valence-electron chi connectivity index (χ0n) is 6.65. The minimum absolute atomic E-state index is 0.0820. The average Bonchev–Trinajstić information content (AvgIpc) is 2.00. The fourth-order valence-corrected chi connectivity index (χ4v) is 0.804. The van der Waals surface area contributed by atoms with Crippen molar-refractivity contribution in [2.45, 2.75) is 13.0 Å². The Balaban J connectivity index is 4.03. The Morgan fingerprint density at radius 2 is 2.25 bits per heavy atom. The van der Waals surface area contributed by atoms with E-state index in [-0.39, 0.29) is 5.75 Å². The topological polar surface area (TPSA) is 66.4 Å². The Bertz CT molecular complexity index is 203. The van der Waals surface area contributed by atoms with Gasteiger partial charge < -0.3 is 10.4 Å². The molecule has 0 radical (unpaired) electrons. The van der Waals surface area contributed by atoms with Crippen molar-refractivity contribution in [3.8, 4) is 0 Å². The Labute approximate surface area is 76.1 Å². The number of carbonyl (C=O) groups excluding carboxylic acids is 1. The van der Waals surface area contributed by atoms with Crippen LogP contribution >= 0.6 is 12.6 Å². The predicted molar refractivity (Wildman–Crippen MR) is 48.2 cm³/mol. The molecule has 0 fully saturated rings. The van der Waals surface area contributed by atoms with Crippen molar-refractivity contribution >= 4 is 24.5 Å². The molecule has 0 saturated heterocycles. The number of thiol groups is 1. The first kappa shape index (κ1) is 11.0. The van der Waals surface area contributed by atoms with Gasteiger partial charge in [-0.05, 0) is 13.0 Å². The molecule has 4 nitrogen and oxygen atoms in total. The first-order valence-electron chi connectivity index (χ1n) is 3.38. The largest absolute Gasteiger partial charge is 0.480 e. The molecule has 0 aliphatic rings. The van der Waals surface area contributed by atoms with Gasteiger partial charge in [0.1, 0.15) is 6.04 Å². The van der Waals surface area contributed by atoms with E-state index in [1.165, 1.54) is 12.2 Å². The highest BCUT2D eigenvalue weighted by atomic mass is 32.1. The maximum absolute atomic E-state index is 10.8. The second-order valence-electron chi connectivity index (χ2n) is 2.08. The number of allylic oxidation sites excluding steroid dienone is 1. The van der Waals surface area contributed by atoms with Gasteiger partial charge in [0.25, 0.3) is 0 Å². The van der Waals surface area contributed by atoms with Crippen LogP contribution in [0.4, 0.5) is 0 Å². The zero-order valence-corrected chi connectivity index (χ0v) is 7.54. The van der Waals surface area contributed by atoms with Crippen LogP contribution in [-0.2, 0) is 9.59 Å². The maximum Gasteiger partial charge on any atom is 0.327 e. The maximum atomic E-state index is 10.8. The minimum atomic E-state index is -1.08. The molecule has 0 unspecified atom stereocenters. The van der Waals surface area contributed by atoms with Gasteiger partial charge in [-0.25, -0.2) is 4.79 Å². The molecule has 0 aromatic rings. The van der Waals surface area contributed by atoms with Gasteiger partial charge in [0.15, 0.2) is 0 Å². The molecular formula is C7H11NO3S. The highest BCUT2D eigenvalue weighted by Gasteiger charge is 2.15. The molecular weight excluding hydrogens is 178 g/mol. The molecule has 0 bridgehead atoms. The normalized spacial score (nSPS) is 12.8.